The van der Waals surface area contributed by atoms with Crippen LogP contribution in [0.2, 0.25) is 0 Å². The molecule has 3 rings (SSSR count). The fourth-order valence-electron chi connectivity index (χ4n) is 3.02. The first-order chi connectivity index (χ1) is 11.7. The summed E-state index contributed by atoms with van der Waals surface area (Å²) < 4.78 is 11.9. The van der Waals surface area contributed by atoms with Crippen molar-refractivity contribution < 1.29 is 9.47 Å². The molecular weight excluding hydrogens is 298 g/mol. The SMILES string of the molecule is CC(C)c1cccc(OCC2CN(Cc3ccccc3)CCO2)c1. The van der Waals surface area contributed by atoms with Crippen LogP contribution in [-0.4, -0.2) is 37.3 Å². The van der Waals surface area contributed by atoms with Gasteiger partial charge in [0.2, 0.25) is 0 Å². The lowest BCUT2D eigenvalue weighted by molar-refractivity contribution is -0.0504. The monoisotopic (exact) mass is 325 g/mol. The zero-order chi connectivity index (χ0) is 16.8. The van der Waals surface area contributed by atoms with Gasteiger partial charge in [0.25, 0.3) is 0 Å². The summed E-state index contributed by atoms with van der Waals surface area (Å²) in [5, 5.41) is 0. The zero-order valence-corrected chi connectivity index (χ0v) is 14.7. The maximum Gasteiger partial charge on any atom is 0.119 e. The third-order valence-corrected chi connectivity index (χ3v) is 4.43. The van der Waals surface area contributed by atoms with Gasteiger partial charge in [-0.25, -0.2) is 0 Å². The van der Waals surface area contributed by atoms with Crippen LogP contribution in [0.4, 0.5) is 0 Å². The molecule has 0 aromatic heterocycles. The molecule has 0 spiro atoms. The van der Waals surface area contributed by atoms with Crippen molar-refractivity contribution in [2.45, 2.75) is 32.4 Å². The molecule has 0 bridgehead atoms. The lowest BCUT2D eigenvalue weighted by atomic mass is 10.0. The van der Waals surface area contributed by atoms with E-state index in [9.17, 15) is 0 Å². The zero-order valence-electron chi connectivity index (χ0n) is 14.7. The average Bonchev–Trinajstić information content (AvgIpc) is 2.61. The Morgan fingerprint density at radius 2 is 1.96 bits per heavy atom. The first-order valence-electron chi connectivity index (χ1n) is 8.81. The minimum atomic E-state index is 0.130. The Bertz CT molecular complexity index is 627. The van der Waals surface area contributed by atoms with Crippen molar-refractivity contribution in [3.8, 4) is 5.75 Å². The molecule has 2 aromatic carbocycles. The van der Waals surface area contributed by atoms with Crippen LogP contribution in [-0.2, 0) is 11.3 Å². The van der Waals surface area contributed by atoms with E-state index in [2.05, 4.69) is 67.3 Å². The number of ether oxygens (including phenoxy) is 2. The molecule has 1 unspecified atom stereocenters. The van der Waals surface area contributed by atoms with E-state index in [1.54, 1.807) is 0 Å². The van der Waals surface area contributed by atoms with Crippen LogP contribution in [0.3, 0.4) is 0 Å². The lowest BCUT2D eigenvalue weighted by Gasteiger charge is -2.32. The van der Waals surface area contributed by atoms with E-state index in [4.69, 9.17) is 9.47 Å². The third kappa shape index (κ3) is 4.83. The van der Waals surface area contributed by atoms with Crippen molar-refractivity contribution in [1.29, 1.82) is 0 Å². The van der Waals surface area contributed by atoms with E-state index >= 15 is 0 Å². The molecule has 1 atom stereocenters. The average molecular weight is 325 g/mol. The highest BCUT2D eigenvalue weighted by Crippen LogP contribution is 2.21. The first-order valence-corrected chi connectivity index (χ1v) is 8.81. The minimum absolute atomic E-state index is 0.130. The largest absolute Gasteiger partial charge is 0.491 e. The van der Waals surface area contributed by atoms with E-state index in [0.29, 0.717) is 12.5 Å². The predicted molar refractivity (Wildman–Crippen MR) is 97.5 cm³/mol. The Morgan fingerprint density at radius 1 is 1.12 bits per heavy atom. The minimum Gasteiger partial charge on any atom is -0.491 e. The highest BCUT2D eigenvalue weighted by atomic mass is 16.5. The number of benzene rings is 2. The normalized spacial score (nSPS) is 18.7. The van der Waals surface area contributed by atoms with E-state index in [1.165, 1.54) is 11.1 Å². The summed E-state index contributed by atoms with van der Waals surface area (Å²) in [6, 6.07) is 19.0. The fourth-order valence-corrected chi connectivity index (χ4v) is 3.02. The Labute approximate surface area is 145 Å². The molecule has 2 aromatic rings. The van der Waals surface area contributed by atoms with Crippen LogP contribution < -0.4 is 4.74 Å². The second-order valence-electron chi connectivity index (χ2n) is 6.75. The Morgan fingerprint density at radius 3 is 2.75 bits per heavy atom. The third-order valence-electron chi connectivity index (χ3n) is 4.43. The summed E-state index contributed by atoms with van der Waals surface area (Å²) in [7, 11) is 0. The maximum atomic E-state index is 5.98. The molecule has 0 radical (unpaired) electrons. The van der Waals surface area contributed by atoms with Crippen LogP contribution in [0.25, 0.3) is 0 Å². The van der Waals surface area contributed by atoms with Gasteiger partial charge in [-0.2, -0.15) is 0 Å². The number of hydrogen-bond donors (Lipinski definition) is 0. The maximum absolute atomic E-state index is 5.98. The standard InChI is InChI=1S/C21H27NO2/c1-17(2)19-9-6-10-20(13-19)24-16-21-15-22(11-12-23-21)14-18-7-4-3-5-8-18/h3-10,13,17,21H,11-12,14-16H2,1-2H3. The smallest absolute Gasteiger partial charge is 0.119 e. The van der Waals surface area contributed by atoms with Crippen LogP contribution >= 0.6 is 0 Å². The van der Waals surface area contributed by atoms with Gasteiger partial charge < -0.3 is 9.47 Å². The highest BCUT2D eigenvalue weighted by Gasteiger charge is 2.21. The molecule has 1 aliphatic heterocycles. The van der Waals surface area contributed by atoms with Gasteiger partial charge in [-0.05, 0) is 29.2 Å². The summed E-state index contributed by atoms with van der Waals surface area (Å²) in [5.74, 6) is 1.45. The van der Waals surface area contributed by atoms with Gasteiger partial charge in [-0.1, -0.05) is 56.3 Å². The van der Waals surface area contributed by atoms with Crippen LogP contribution in [0.5, 0.6) is 5.75 Å². The van der Waals surface area contributed by atoms with Crippen LogP contribution in [0.15, 0.2) is 54.6 Å². The Kier molecular flexibility index (Phi) is 5.89. The summed E-state index contributed by atoms with van der Waals surface area (Å²) >= 11 is 0. The number of morpholine rings is 1. The fraction of sp³-hybridized carbons (Fsp3) is 0.429. The number of rotatable bonds is 6. The van der Waals surface area contributed by atoms with Crippen molar-refractivity contribution in [2.24, 2.45) is 0 Å². The van der Waals surface area contributed by atoms with Gasteiger partial charge >= 0.3 is 0 Å². The molecule has 24 heavy (non-hydrogen) atoms. The summed E-state index contributed by atoms with van der Waals surface area (Å²) in [6.07, 6.45) is 0.130. The van der Waals surface area contributed by atoms with Gasteiger partial charge in [0.15, 0.2) is 0 Å². The van der Waals surface area contributed by atoms with Crippen molar-refractivity contribution in [1.82, 2.24) is 4.90 Å². The van der Waals surface area contributed by atoms with E-state index < -0.39 is 0 Å². The van der Waals surface area contributed by atoms with Gasteiger partial charge in [0, 0.05) is 19.6 Å². The van der Waals surface area contributed by atoms with Gasteiger partial charge in [0.1, 0.15) is 18.5 Å². The van der Waals surface area contributed by atoms with Gasteiger partial charge in [-0.3, -0.25) is 4.90 Å². The van der Waals surface area contributed by atoms with Crippen molar-refractivity contribution in [3.63, 3.8) is 0 Å². The summed E-state index contributed by atoms with van der Waals surface area (Å²) in [5.41, 5.74) is 2.66. The molecule has 1 aliphatic rings. The molecule has 3 nitrogen and oxygen atoms in total. The van der Waals surface area contributed by atoms with E-state index in [0.717, 1.165) is 32.0 Å². The molecule has 0 saturated carbocycles. The molecular formula is C21H27NO2. The summed E-state index contributed by atoms with van der Waals surface area (Å²) in [4.78, 5) is 2.44. The predicted octanol–water partition coefficient (Wildman–Crippen LogP) is 4.09. The lowest BCUT2D eigenvalue weighted by Crippen LogP contribution is -2.44. The van der Waals surface area contributed by atoms with Crippen LogP contribution in [0, 0.1) is 0 Å². The Balaban J connectivity index is 1.51. The second-order valence-corrected chi connectivity index (χ2v) is 6.75. The van der Waals surface area contributed by atoms with E-state index in [1.807, 2.05) is 6.07 Å². The molecule has 3 heteroatoms. The molecule has 1 heterocycles. The topological polar surface area (TPSA) is 21.7 Å². The Hall–Kier alpha value is -1.84. The van der Waals surface area contributed by atoms with Crippen LogP contribution in [0.1, 0.15) is 30.9 Å². The van der Waals surface area contributed by atoms with Gasteiger partial charge in [-0.15, -0.1) is 0 Å². The first kappa shape index (κ1) is 17.0. The van der Waals surface area contributed by atoms with E-state index in [-0.39, 0.29) is 6.10 Å². The number of nitrogens with zero attached hydrogens (tertiary/aromatic N) is 1. The summed E-state index contributed by atoms with van der Waals surface area (Å²) in [6.45, 7) is 8.64. The second kappa shape index (κ2) is 8.32. The quantitative estimate of drug-likeness (QED) is 0.798. The molecule has 1 saturated heterocycles. The molecule has 0 aliphatic carbocycles. The molecule has 1 fully saturated rings. The number of hydrogen-bond acceptors (Lipinski definition) is 3. The molecule has 0 amide bonds. The van der Waals surface area contributed by atoms with Crippen molar-refractivity contribution in [3.05, 3.63) is 65.7 Å². The van der Waals surface area contributed by atoms with Crippen molar-refractivity contribution in [2.75, 3.05) is 26.3 Å². The molecule has 128 valence electrons. The van der Waals surface area contributed by atoms with Gasteiger partial charge in [0.05, 0.1) is 6.61 Å². The highest BCUT2D eigenvalue weighted by molar-refractivity contribution is 5.30. The molecule has 0 N–H and O–H groups in total. The van der Waals surface area contributed by atoms with Crippen molar-refractivity contribution >= 4 is 0 Å².